The first-order valence-corrected chi connectivity index (χ1v) is 9.24. The van der Waals surface area contributed by atoms with Gasteiger partial charge in [-0.25, -0.2) is 4.68 Å². The van der Waals surface area contributed by atoms with Crippen LogP contribution in [0.25, 0.3) is 5.69 Å². The molecule has 132 valence electrons. The Labute approximate surface area is 153 Å². The normalized spacial score (nSPS) is 25.2. The summed E-state index contributed by atoms with van der Waals surface area (Å²) in [6.45, 7) is 1.93. The van der Waals surface area contributed by atoms with Crippen molar-refractivity contribution < 1.29 is 4.79 Å². The Kier molecular flexibility index (Phi) is 4.29. The second kappa shape index (κ2) is 6.46. The molecule has 2 atom stereocenters. The highest BCUT2D eigenvalue weighted by molar-refractivity contribution is 6.30. The van der Waals surface area contributed by atoms with Crippen LogP contribution in [0.1, 0.15) is 41.7 Å². The van der Waals surface area contributed by atoms with Crippen molar-refractivity contribution in [3.8, 4) is 5.69 Å². The van der Waals surface area contributed by atoms with Crippen LogP contribution in [0.15, 0.2) is 30.5 Å². The van der Waals surface area contributed by atoms with Gasteiger partial charge in [-0.2, -0.15) is 5.10 Å². The standard InChI is InChI=1S/C19H23ClN4O/c1-12-18(11-21-24(12)16-5-3-4-13(20)8-16)19(25)23(2)17-9-14-6-7-15(10-17)22-14/h3-5,8,11,14-15,17,22H,6-7,9-10H2,1-2H3. The maximum atomic E-state index is 13.0. The predicted octanol–water partition coefficient (Wildman–Crippen LogP) is 3.19. The predicted molar refractivity (Wildman–Crippen MR) is 98.4 cm³/mol. The Hall–Kier alpha value is -1.85. The molecular weight excluding hydrogens is 336 g/mol. The minimum Gasteiger partial charge on any atom is -0.338 e. The molecule has 3 heterocycles. The van der Waals surface area contributed by atoms with Gasteiger partial charge in [-0.3, -0.25) is 4.79 Å². The molecule has 0 saturated carbocycles. The number of carbonyl (C=O) groups is 1. The van der Waals surface area contributed by atoms with Crippen LogP contribution in [-0.2, 0) is 0 Å². The molecule has 4 rings (SSSR count). The zero-order valence-electron chi connectivity index (χ0n) is 14.6. The number of benzene rings is 1. The first kappa shape index (κ1) is 16.6. The van der Waals surface area contributed by atoms with Crippen LogP contribution in [0.3, 0.4) is 0 Å². The van der Waals surface area contributed by atoms with Crippen LogP contribution in [0, 0.1) is 6.92 Å². The van der Waals surface area contributed by atoms with E-state index in [1.807, 2.05) is 43.1 Å². The van der Waals surface area contributed by atoms with Crippen molar-refractivity contribution >= 4 is 17.5 Å². The number of fused-ring (bicyclic) bond motifs is 2. The number of aromatic nitrogens is 2. The van der Waals surface area contributed by atoms with Crippen LogP contribution >= 0.6 is 11.6 Å². The zero-order valence-corrected chi connectivity index (χ0v) is 15.3. The van der Waals surface area contributed by atoms with Gasteiger partial charge in [-0.1, -0.05) is 17.7 Å². The molecule has 1 amide bonds. The van der Waals surface area contributed by atoms with E-state index < -0.39 is 0 Å². The lowest BCUT2D eigenvalue weighted by Gasteiger charge is -2.35. The molecule has 2 unspecified atom stereocenters. The fourth-order valence-electron chi connectivity index (χ4n) is 4.19. The summed E-state index contributed by atoms with van der Waals surface area (Å²) in [4.78, 5) is 15.0. The fourth-order valence-corrected chi connectivity index (χ4v) is 4.37. The van der Waals surface area contributed by atoms with Crippen LogP contribution in [-0.4, -0.2) is 45.8 Å². The number of nitrogens with zero attached hydrogens (tertiary/aromatic N) is 3. The Balaban J connectivity index is 1.56. The summed E-state index contributed by atoms with van der Waals surface area (Å²) < 4.78 is 1.78. The third kappa shape index (κ3) is 3.07. The van der Waals surface area contributed by atoms with Crippen LogP contribution in [0.5, 0.6) is 0 Å². The van der Waals surface area contributed by atoms with Crippen molar-refractivity contribution in [2.45, 2.75) is 50.7 Å². The van der Waals surface area contributed by atoms with E-state index in [2.05, 4.69) is 10.4 Å². The first-order chi connectivity index (χ1) is 12.0. The van der Waals surface area contributed by atoms with Gasteiger partial charge in [0.15, 0.2) is 0 Å². The molecule has 5 nitrogen and oxygen atoms in total. The number of amides is 1. The minimum atomic E-state index is 0.0529. The van der Waals surface area contributed by atoms with E-state index in [1.165, 1.54) is 12.8 Å². The minimum absolute atomic E-state index is 0.0529. The molecule has 2 bridgehead atoms. The maximum absolute atomic E-state index is 13.0. The molecule has 1 aromatic carbocycles. The van der Waals surface area contributed by atoms with E-state index in [0.717, 1.165) is 24.2 Å². The van der Waals surface area contributed by atoms with Gasteiger partial charge in [-0.05, 0) is 50.8 Å². The van der Waals surface area contributed by atoms with Gasteiger partial charge in [0.05, 0.1) is 23.1 Å². The highest BCUT2D eigenvalue weighted by Crippen LogP contribution is 2.30. The van der Waals surface area contributed by atoms with Gasteiger partial charge in [0, 0.05) is 30.2 Å². The average molecular weight is 359 g/mol. The highest BCUT2D eigenvalue weighted by Gasteiger charge is 2.37. The first-order valence-electron chi connectivity index (χ1n) is 8.86. The molecule has 2 aliphatic rings. The third-order valence-electron chi connectivity index (χ3n) is 5.61. The Bertz CT molecular complexity index is 790. The summed E-state index contributed by atoms with van der Waals surface area (Å²) >= 11 is 6.08. The molecule has 2 aromatic rings. The number of carbonyl (C=O) groups excluding carboxylic acids is 1. The molecule has 1 N–H and O–H groups in total. The van der Waals surface area contributed by atoms with Gasteiger partial charge in [0.2, 0.25) is 0 Å². The maximum Gasteiger partial charge on any atom is 0.257 e. The molecule has 0 radical (unpaired) electrons. The Morgan fingerprint density at radius 3 is 2.72 bits per heavy atom. The summed E-state index contributed by atoms with van der Waals surface area (Å²) in [7, 11) is 1.92. The number of hydrogen-bond donors (Lipinski definition) is 1. The van der Waals surface area contributed by atoms with Gasteiger partial charge < -0.3 is 10.2 Å². The van der Waals surface area contributed by atoms with Crippen LogP contribution in [0.4, 0.5) is 0 Å². The topological polar surface area (TPSA) is 50.2 Å². The van der Waals surface area contributed by atoms with Crippen molar-refractivity contribution in [1.29, 1.82) is 0 Å². The Morgan fingerprint density at radius 1 is 1.32 bits per heavy atom. The molecule has 0 aliphatic carbocycles. The summed E-state index contributed by atoms with van der Waals surface area (Å²) in [6.07, 6.45) is 6.22. The zero-order chi connectivity index (χ0) is 17.6. The lowest BCUT2D eigenvalue weighted by molar-refractivity contribution is 0.0681. The number of halogens is 1. The van der Waals surface area contributed by atoms with E-state index in [4.69, 9.17) is 11.6 Å². The van der Waals surface area contributed by atoms with E-state index in [1.54, 1.807) is 10.9 Å². The average Bonchev–Trinajstić information content (AvgIpc) is 3.15. The third-order valence-corrected chi connectivity index (χ3v) is 5.84. The highest BCUT2D eigenvalue weighted by atomic mass is 35.5. The van der Waals surface area contributed by atoms with Gasteiger partial charge in [0.25, 0.3) is 5.91 Å². The van der Waals surface area contributed by atoms with E-state index in [9.17, 15) is 4.79 Å². The van der Waals surface area contributed by atoms with Crippen molar-refractivity contribution in [3.05, 3.63) is 46.7 Å². The molecule has 25 heavy (non-hydrogen) atoms. The van der Waals surface area contributed by atoms with Crippen molar-refractivity contribution in [3.63, 3.8) is 0 Å². The summed E-state index contributed by atoms with van der Waals surface area (Å²) in [5.41, 5.74) is 2.37. The number of hydrogen-bond acceptors (Lipinski definition) is 3. The number of nitrogens with one attached hydrogen (secondary N) is 1. The lowest BCUT2D eigenvalue weighted by atomic mass is 9.98. The van der Waals surface area contributed by atoms with Crippen molar-refractivity contribution in [1.82, 2.24) is 20.0 Å². The number of piperidine rings is 1. The second-order valence-corrected chi connectivity index (χ2v) is 7.65. The molecule has 2 aliphatic heterocycles. The smallest absolute Gasteiger partial charge is 0.257 e. The van der Waals surface area contributed by atoms with Gasteiger partial charge in [-0.15, -0.1) is 0 Å². The molecule has 0 spiro atoms. The summed E-state index contributed by atoms with van der Waals surface area (Å²) in [5, 5.41) is 8.70. The molecular formula is C19H23ClN4O. The molecule has 2 saturated heterocycles. The van der Waals surface area contributed by atoms with Crippen molar-refractivity contribution in [2.75, 3.05) is 7.05 Å². The Morgan fingerprint density at radius 2 is 2.04 bits per heavy atom. The van der Waals surface area contributed by atoms with Crippen LogP contribution in [0.2, 0.25) is 5.02 Å². The monoisotopic (exact) mass is 358 g/mol. The van der Waals surface area contributed by atoms with E-state index in [-0.39, 0.29) is 5.91 Å². The van der Waals surface area contributed by atoms with Gasteiger partial charge in [0.1, 0.15) is 0 Å². The van der Waals surface area contributed by atoms with Gasteiger partial charge >= 0.3 is 0 Å². The quantitative estimate of drug-likeness (QED) is 0.916. The second-order valence-electron chi connectivity index (χ2n) is 7.21. The summed E-state index contributed by atoms with van der Waals surface area (Å²) in [5.74, 6) is 0.0529. The van der Waals surface area contributed by atoms with E-state index >= 15 is 0 Å². The summed E-state index contributed by atoms with van der Waals surface area (Å²) in [6, 6.07) is 8.94. The van der Waals surface area contributed by atoms with Crippen molar-refractivity contribution in [2.24, 2.45) is 0 Å². The molecule has 2 fully saturated rings. The van der Waals surface area contributed by atoms with Crippen LogP contribution < -0.4 is 5.32 Å². The number of rotatable bonds is 3. The molecule has 1 aromatic heterocycles. The van der Waals surface area contributed by atoms with E-state index in [0.29, 0.717) is 28.7 Å². The lowest BCUT2D eigenvalue weighted by Crippen LogP contribution is -2.48. The molecule has 6 heteroatoms. The largest absolute Gasteiger partial charge is 0.338 e. The SMILES string of the molecule is Cc1c(C(=O)N(C)C2CC3CCC(C2)N3)cnn1-c1cccc(Cl)c1. The fraction of sp³-hybridized carbons (Fsp3) is 0.474.